The lowest BCUT2D eigenvalue weighted by molar-refractivity contribution is 0.256. The molecule has 2 aromatic carbocycles. The molecule has 0 atom stereocenters. The Kier molecular flexibility index (Phi) is 3.66. The predicted molar refractivity (Wildman–Crippen MR) is 95.7 cm³/mol. The van der Waals surface area contributed by atoms with Gasteiger partial charge in [-0.15, -0.1) is 11.3 Å². The first-order valence-corrected chi connectivity index (χ1v) is 8.39. The molecule has 0 aliphatic carbocycles. The van der Waals surface area contributed by atoms with Crippen LogP contribution in [0.4, 0.5) is 15.6 Å². The number of rotatable bonds is 3. The van der Waals surface area contributed by atoms with Gasteiger partial charge in [0.2, 0.25) is 0 Å². The average Bonchev–Trinajstić information content (AvgIpc) is 3.11. The monoisotopic (exact) mass is 337 g/mol. The van der Waals surface area contributed by atoms with E-state index in [1.54, 1.807) is 12.0 Å². The van der Waals surface area contributed by atoms with Crippen molar-refractivity contribution in [2.75, 3.05) is 17.3 Å². The van der Waals surface area contributed by atoms with E-state index >= 15 is 0 Å². The summed E-state index contributed by atoms with van der Waals surface area (Å²) in [4.78, 5) is 18.6. The molecule has 3 aromatic rings. The number of ether oxygens (including phenoxy) is 1. The van der Waals surface area contributed by atoms with Crippen LogP contribution in [0, 0.1) is 0 Å². The number of nitrogens with one attached hydrogen (secondary N) is 1. The van der Waals surface area contributed by atoms with Crippen molar-refractivity contribution < 1.29 is 9.53 Å². The number of thiazole rings is 1. The lowest BCUT2D eigenvalue weighted by atomic mass is 10.1. The number of anilines is 2. The molecule has 0 saturated carbocycles. The highest BCUT2D eigenvalue weighted by Gasteiger charge is 2.25. The zero-order valence-electron chi connectivity index (χ0n) is 13.0. The number of fused-ring (bicyclic) bond motifs is 1. The van der Waals surface area contributed by atoms with E-state index in [0.29, 0.717) is 11.7 Å². The van der Waals surface area contributed by atoms with Crippen LogP contribution in [0.1, 0.15) is 5.56 Å². The Morgan fingerprint density at radius 2 is 1.96 bits per heavy atom. The second-order valence-corrected chi connectivity index (χ2v) is 6.25. The van der Waals surface area contributed by atoms with Gasteiger partial charge in [0.1, 0.15) is 5.75 Å². The van der Waals surface area contributed by atoms with Gasteiger partial charge in [-0.25, -0.2) is 9.78 Å². The number of benzene rings is 2. The molecule has 24 heavy (non-hydrogen) atoms. The highest BCUT2D eigenvalue weighted by Crippen LogP contribution is 2.32. The number of hydrogen-bond donors (Lipinski definition) is 1. The van der Waals surface area contributed by atoms with E-state index in [4.69, 9.17) is 4.74 Å². The van der Waals surface area contributed by atoms with Crippen LogP contribution in [-0.4, -0.2) is 18.1 Å². The van der Waals surface area contributed by atoms with E-state index in [1.807, 2.05) is 53.9 Å². The molecule has 0 radical (unpaired) electrons. The van der Waals surface area contributed by atoms with Crippen molar-refractivity contribution >= 4 is 28.2 Å². The van der Waals surface area contributed by atoms with Gasteiger partial charge in [-0.2, -0.15) is 0 Å². The van der Waals surface area contributed by atoms with Gasteiger partial charge < -0.3 is 10.1 Å². The first-order chi connectivity index (χ1) is 11.7. The van der Waals surface area contributed by atoms with Crippen LogP contribution >= 0.6 is 11.3 Å². The largest absolute Gasteiger partial charge is 0.497 e. The lowest BCUT2D eigenvalue weighted by Crippen LogP contribution is -2.38. The van der Waals surface area contributed by atoms with E-state index < -0.39 is 0 Å². The summed E-state index contributed by atoms with van der Waals surface area (Å²) in [5.41, 5.74) is 3.80. The summed E-state index contributed by atoms with van der Waals surface area (Å²) in [5.74, 6) is 0.807. The number of amides is 2. The fraction of sp³-hybridized carbons (Fsp3) is 0.111. The first-order valence-electron chi connectivity index (χ1n) is 7.51. The van der Waals surface area contributed by atoms with Crippen LogP contribution in [-0.2, 0) is 6.54 Å². The molecular formula is C18H15N3O2S. The third kappa shape index (κ3) is 2.61. The molecule has 0 saturated heterocycles. The Labute approximate surface area is 143 Å². The SMILES string of the molecule is COc1ccc(-c2csc(N3Cc4ccccc4NC3=O)n2)cc1. The van der Waals surface area contributed by atoms with E-state index in [9.17, 15) is 4.79 Å². The zero-order chi connectivity index (χ0) is 16.5. The molecular weight excluding hydrogens is 322 g/mol. The Hall–Kier alpha value is -2.86. The maximum atomic E-state index is 12.4. The molecule has 0 spiro atoms. The number of methoxy groups -OCH3 is 1. The quantitative estimate of drug-likeness (QED) is 0.772. The fourth-order valence-electron chi connectivity index (χ4n) is 2.64. The lowest BCUT2D eigenvalue weighted by Gasteiger charge is -2.27. The maximum Gasteiger partial charge on any atom is 0.328 e. The zero-order valence-corrected chi connectivity index (χ0v) is 13.8. The molecule has 6 heteroatoms. The Morgan fingerprint density at radius 3 is 2.75 bits per heavy atom. The van der Waals surface area contributed by atoms with Gasteiger partial charge >= 0.3 is 6.03 Å². The molecule has 0 fully saturated rings. The van der Waals surface area contributed by atoms with Gasteiger partial charge in [0.25, 0.3) is 0 Å². The smallest absolute Gasteiger partial charge is 0.328 e. The number of nitrogens with zero attached hydrogens (tertiary/aromatic N) is 2. The van der Waals surface area contributed by atoms with Gasteiger partial charge in [0.05, 0.1) is 19.3 Å². The maximum absolute atomic E-state index is 12.4. The van der Waals surface area contributed by atoms with Crippen molar-refractivity contribution in [3.8, 4) is 17.0 Å². The number of carbonyl (C=O) groups excluding carboxylic acids is 1. The summed E-state index contributed by atoms with van der Waals surface area (Å²) in [7, 11) is 1.64. The van der Waals surface area contributed by atoms with Crippen LogP contribution in [0.15, 0.2) is 53.9 Å². The highest BCUT2D eigenvalue weighted by molar-refractivity contribution is 7.14. The summed E-state index contributed by atoms with van der Waals surface area (Å²) < 4.78 is 5.17. The minimum atomic E-state index is -0.149. The Morgan fingerprint density at radius 1 is 1.17 bits per heavy atom. The standard InChI is InChI=1S/C18H15N3O2S/c1-23-14-8-6-12(7-9-14)16-11-24-18(20-16)21-10-13-4-2-3-5-15(13)19-17(21)22/h2-9,11H,10H2,1H3,(H,19,22). The first kappa shape index (κ1) is 14.7. The minimum Gasteiger partial charge on any atom is -0.497 e. The van der Waals surface area contributed by atoms with E-state index in [1.165, 1.54) is 11.3 Å². The molecule has 4 rings (SSSR count). The van der Waals surface area contributed by atoms with Crippen molar-refractivity contribution in [3.05, 3.63) is 59.5 Å². The normalized spacial score (nSPS) is 13.4. The third-order valence-electron chi connectivity index (χ3n) is 3.94. The van der Waals surface area contributed by atoms with E-state index in [2.05, 4.69) is 10.3 Å². The molecule has 2 heterocycles. The van der Waals surface area contributed by atoms with E-state index in [-0.39, 0.29) is 6.03 Å². The molecule has 1 N–H and O–H groups in total. The molecule has 1 aliphatic heterocycles. The van der Waals surface area contributed by atoms with Crippen LogP contribution < -0.4 is 15.0 Å². The number of aromatic nitrogens is 1. The molecule has 0 bridgehead atoms. The molecule has 1 aliphatic rings. The Balaban J connectivity index is 1.61. The van der Waals surface area contributed by atoms with Gasteiger partial charge in [0.15, 0.2) is 5.13 Å². The summed E-state index contributed by atoms with van der Waals surface area (Å²) in [6.07, 6.45) is 0. The van der Waals surface area contributed by atoms with Crippen molar-refractivity contribution in [2.24, 2.45) is 0 Å². The van der Waals surface area contributed by atoms with E-state index in [0.717, 1.165) is 28.3 Å². The fourth-order valence-corrected chi connectivity index (χ4v) is 3.47. The number of carbonyl (C=O) groups is 1. The van der Waals surface area contributed by atoms with Gasteiger partial charge in [-0.3, -0.25) is 4.90 Å². The summed E-state index contributed by atoms with van der Waals surface area (Å²) in [6, 6.07) is 15.4. The third-order valence-corrected chi connectivity index (χ3v) is 4.80. The number of hydrogen-bond acceptors (Lipinski definition) is 4. The van der Waals surface area contributed by atoms with Crippen LogP contribution in [0.5, 0.6) is 5.75 Å². The molecule has 2 amide bonds. The van der Waals surface area contributed by atoms with Crippen LogP contribution in [0.2, 0.25) is 0 Å². The van der Waals surface area contributed by atoms with Crippen LogP contribution in [0.3, 0.4) is 0 Å². The minimum absolute atomic E-state index is 0.149. The molecule has 1 aromatic heterocycles. The van der Waals surface area contributed by atoms with Gasteiger partial charge in [-0.05, 0) is 35.9 Å². The number of para-hydroxylation sites is 1. The summed E-state index contributed by atoms with van der Waals surface area (Å²) >= 11 is 1.46. The highest BCUT2D eigenvalue weighted by atomic mass is 32.1. The van der Waals surface area contributed by atoms with Crippen LogP contribution in [0.25, 0.3) is 11.3 Å². The van der Waals surface area contributed by atoms with Gasteiger partial charge in [0, 0.05) is 16.6 Å². The summed E-state index contributed by atoms with van der Waals surface area (Å²) in [5, 5.41) is 5.56. The molecule has 0 unspecified atom stereocenters. The van der Waals surface area contributed by atoms with Crippen molar-refractivity contribution in [1.29, 1.82) is 0 Å². The average molecular weight is 337 g/mol. The second kappa shape index (κ2) is 5.98. The van der Waals surface area contributed by atoms with Crippen molar-refractivity contribution in [1.82, 2.24) is 4.98 Å². The second-order valence-electron chi connectivity index (χ2n) is 5.42. The predicted octanol–water partition coefficient (Wildman–Crippen LogP) is 4.37. The Bertz CT molecular complexity index is 889. The van der Waals surface area contributed by atoms with Crippen molar-refractivity contribution in [3.63, 3.8) is 0 Å². The summed E-state index contributed by atoms with van der Waals surface area (Å²) in [6.45, 7) is 0.525. The number of urea groups is 1. The molecule has 120 valence electrons. The topological polar surface area (TPSA) is 54.5 Å². The van der Waals surface area contributed by atoms with Gasteiger partial charge in [-0.1, -0.05) is 18.2 Å². The van der Waals surface area contributed by atoms with Crippen molar-refractivity contribution in [2.45, 2.75) is 6.54 Å². The molecule has 5 nitrogen and oxygen atoms in total.